The number of hydrogen-bond acceptors (Lipinski definition) is 3. The Morgan fingerprint density at radius 3 is 2.67 bits per heavy atom. The Kier molecular flexibility index (Phi) is 4.48. The number of aromatic hydroxyl groups is 1. The van der Waals surface area contributed by atoms with Gasteiger partial charge in [0.25, 0.3) is 5.91 Å². The molecule has 2 N–H and O–H groups in total. The highest BCUT2D eigenvalue weighted by molar-refractivity contribution is 6.05. The summed E-state index contributed by atoms with van der Waals surface area (Å²) in [5.41, 5.74) is 3.32. The summed E-state index contributed by atoms with van der Waals surface area (Å²) < 4.78 is 4.97. The fourth-order valence-electron chi connectivity index (χ4n) is 2.22. The molecule has 21 heavy (non-hydrogen) atoms. The summed E-state index contributed by atoms with van der Waals surface area (Å²) in [6.07, 6.45) is 0.838. The van der Waals surface area contributed by atoms with E-state index in [9.17, 15) is 9.90 Å². The number of nitrogens with one attached hydrogen (secondary N) is 1. The topological polar surface area (TPSA) is 58.6 Å². The second-order valence-electron chi connectivity index (χ2n) is 4.80. The molecule has 0 saturated carbocycles. The number of para-hydroxylation sites is 1. The van der Waals surface area contributed by atoms with Gasteiger partial charge in [0.15, 0.2) is 11.5 Å². The number of hydrogen-bond donors (Lipinski definition) is 2. The first-order valence-corrected chi connectivity index (χ1v) is 6.83. The lowest BCUT2D eigenvalue weighted by atomic mass is 10.1. The number of phenols is 1. The molecule has 0 fully saturated rings. The monoisotopic (exact) mass is 285 g/mol. The molecule has 0 aliphatic heterocycles. The lowest BCUT2D eigenvalue weighted by Crippen LogP contribution is -2.14. The minimum atomic E-state index is -0.253. The molecule has 0 spiro atoms. The Bertz CT molecular complexity index is 665. The highest BCUT2D eigenvalue weighted by Gasteiger charge is 2.12. The number of carbonyl (C=O) groups is 1. The van der Waals surface area contributed by atoms with Gasteiger partial charge < -0.3 is 15.2 Å². The molecule has 2 aromatic carbocycles. The van der Waals surface area contributed by atoms with E-state index in [1.807, 2.05) is 32.0 Å². The van der Waals surface area contributed by atoms with Crippen molar-refractivity contribution in [3.8, 4) is 11.5 Å². The lowest BCUT2D eigenvalue weighted by molar-refractivity contribution is 0.102. The molecular weight excluding hydrogens is 266 g/mol. The summed E-state index contributed by atoms with van der Waals surface area (Å²) in [6.45, 7) is 4.00. The third kappa shape index (κ3) is 3.16. The van der Waals surface area contributed by atoms with Crippen LogP contribution in [0.5, 0.6) is 11.5 Å². The van der Waals surface area contributed by atoms with Crippen molar-refractivity contribution in [1.29, 1.82) is 0 Å². The van der Waals surface area contributed by atoms with Crippen LogP contribution in [0.3, 0.4) is 0 Å². The Morgan fingerprint density at radius 1 is 1.29 bits per heavy atom. The minimum absolute atomic E-state index is 0.0503. The molecule has 0 radical (unpaired) electrons. The Labute approximate surface area is 124 Å². The molecular formula is C17H19NO3. The molecule has 110 valence electrons. The molecule has 0 aromatic heterocycles. The Morgan fingerprint density at radius 2 is 2.05 bits per heavy atom. The molecule has 4 heteroatoms. The molecule has 2 aromatic rings. The van der Waals surface area contributed by atoms with Gasteiger partial charge in [-0.2, -0.15) is 0 Å². The van der Waals surface area contributed by atoms with Gasteiger partial charge in [-0.05, 0) is 42.7 Å². The van der Waals surface area contributed by atoms with E-state index in [2.05, 4.69) is 5.32 Å². The second kappa shape index (κ2) is 6.31. The summed E-state index contributed by atoms with van der Waals surface area (Å²) >= 11 is 0. The zero-order chi connectivity index (χ0) is 15.4. The second-order valence-corrected chi connectivity index (χ2v) is 4.80. The van der Waals surface area contributed by atoms with Gasteiger partial charge in [-0.15, -0.1) is 0 Å². The summed E-state index contributed by atoms with van der Waals surface area (Å²) in [5, 5.41) is 12.7. The molecule has 0 saturated heterocycles. The van der Waals surface area contributed by atoms with Gasteiger partial charge in [-0.3, -0.25) is 4.79 Å². The first-order chi connectivity index (χ1) is 10.1. The molecule has 0 atom stereocenters. The minimum Gasteiger partial charge on any atom is -0.504 e. The molecule has 0 aliphatic carbocycles. The van der Waals surface area contributed by atoms with Crippen LogP contribution in [-0.2, 0) is 6.42 Å². The number of carbonyl (C=O) groups excluding carboxylic acids is 1. The molecule has 0 bridgehead atoms. The van der Waals surface area contributed by atoms with Gasteiger partial charge >= 0.3 is 0 Å². The fourth-order valence-corrected chi connectivity index (χ4v) is 2.22. The van der Waals surface area contributed by atoms with E-state index in [4.69, 9.17) is 4.74 Å². The van der Waals surface area contributed by atoms with Crippen molar-refractivity contribution in [2.24, 2.45) is 0 Å². The van der Waals surface area contributed by atoms with Crippen LogP contribution in [0.1, 0.15) is 28.4 Å². The van der Waals surface area contributed by atoms with E-state index in [1.54, 1.807) is 12.1 Å². The van der Waals surface area contributed by atoms with Gasteiger partial charge in [0.2, 0.25) is 0 Å². The summed E-state index contributed by atoms with van der Waals surface area (Å²) in [4.78, 5) is 12.3. The summed E-state index contributed by atoms with van der Waals surface area (Å²) in [6, 6.07) is 10.5. The SMILES string of the molecule is CCc1cccc(C)c1NC(=O)c1ccc(OC)c(O)c1. The smallest absolute Gasteiger partial charge is 0.255 e. The molecule has 4 nitrogen and oxygen atoms in total. The van der Waals surface area contributed by atoms with Crippen LogP contribution in [0.15, 0.2) is 36.4 Å². The maximum atomic E-state index is 12.3. The van der Waals surface area contributed by atoms with E-state index in [0.717, 1.165) is 23.2 Å². The van der Waals surface area contributed by atoms with Crippen molar-refractivity contribution < 1.29 is 14.6 Å². The molecule has 2 rings (SSSR count). The molecule has 0 aliphatic rings. The third-order valence-corrected chi connectivity index (χ3v) is 3.42. The van der Waals surface area contributed by atoms with Crippen LogP contribution >= 0.6 is 0 Å². The van der Waals surface area contributed by atoms with Crippen LogP contribution in [0, 0.1) is 6.92 Å². The van der Waals surface area contributed by atoms with E-state index in [-0.39, 0.29) is 11.7 Å². The Hall–Kier alpha value is -2.49. The Balaban J connectivity index is 2.28. The van der Waals surface area contributed by atoms with E-state index < -0.39 is 0 Å². The largest absolute Gasteiger partial charge is 0.504 e. The van der Waals surface area contributed by atoms with Crippen LogP contribution in [-0.4, -0.2) is 18.1 Å². The van der Waals surface area contributed by atoms with Crippen molar-refractivity contribution in [3.05, 3.63) is 53.1 Å². The van der Waals surface area contributed by atoms with Crippen LogP contribution in [0.2, 0.25) is 0 Å². The first-order valence-electron chi connectivity index (χ1n) is 6.83. The number of benzene rings is 2. The maximum absolute atomic E-state index is 12.3. The van der Waals surface area contributed by atoms with Crippen molar-refractivity contribution >= 4 is 11.6 Å². The number of aryl methyl sites for hydroxylation is 2. The highest BCUT2D eigenvalue weighted by Crippen LogP contribution is 2.27. The van der Waals surface area contributed by atoms with Gasteiger partial charge in [0.1, 0.15) is 0 Å². The number of phenolic OH excluding ortho intramolecular Hbond substituents is 1. The zero-order valence-corrected chi connectivity index (χ0v) is 12.4. The van der Waals surface area contributed by atoms with Crippen LogP contribution < -0.4 is 10.1 Å². The van der Waals surface area contributed by atoms with Crippen molar-refractivity contribution in [3.63, 3.8) is 0 Å². The quantitative estimate of drug-likeness (QED) is 0.903. The van der Waals surface area contributed by atoms with Crippen molar-refractivity contribution in [1.82, 2.24) is 0 Å². The third-order valence-electron chi connectivity index (χ3n) is 3.42. The van der Waals surface area contributed by atoms with Gasteiger partial charge in [-0.25, -0.2) is 0 Å². The van der Waals surface area contributed by atoms with Gasteiger partial charge in [0, 0.05) is 11.3 Å². The van der Waals surface area contributed by atoms with Gasteiger partial charge in [0.05, 0.1) is 7.11 Å². The van der Waals surface area contributed by atoms with Crippen LogP contribution in [0.25, 0.3) is 0 Å². The normalized spacial score (nSPS) is 10.2. The standard InChI is InChI=1S/C17H19NO3/c1-4-12-7-5-6-11(2)16(12)18-17(20)13-8-9-15(21-3)14(19)10-13/h5-10,19H,4H2,1-3H3,(H,18,20). The summed E-state index contributed by atoms with van der Waals surface area (Å²) in [5.74, 6) is 0.0410. The maximum Gasteiger partial charge on any atom is 0.255 e. The van der Waals surface area contributed by atoms with Gasteiger partial charge in [-0.1, -0.05) is 25.1 Å². The average molecular weight is 285 g/mol. The number of ether oxygens (including phenoxy) is 1. The first kappa shape index (κ1) is 14.9. The number of rotatable bonds is 4. The highest BCUT2D eigenvalue weighted by atomic mass is 16.5. The van der Waals surface area contributed by atoms with E-state index in [0.29, 0.717) is 11.3 Å². The van der Waals surface area contributed by atoms with Crippen molar-refractivity contribution in [2.45, 2.75) is 20.3 Å². The summed E-state index contributed by atoms with van der Waals surface area (Å²) in [7, 11) is 1.47. The van der Waals surface area contributed by atoms with E-state index in [1.165, 1.54) is 13.2 Å². The van der Waals surface area contributed by atoms with E-state index >= 15 is 0 Å². The molecule has 0 heterocycles. The zero-order valence-electron chi connectivity index (χ0n) is 12.4. The predicted molar refractivity (Wildman–Crippen MR) is 83.2 cm³/mol. The number of methoxy groups -OCH3 is 1. The molecule has 1 amide bonds. The average Bonchev–Trinajstić information content (AvgIpc) is 2.49. The predicted octanol–water partition coefficient (Wildman–Crippen LogP) is 3.52. The number of amides is 1. The lowest BCUT2D eigenvalue weighted by Gasteiger charge is -2.13. The van der Waals surface area contributed by atoms with Crippen molar-refractivity contribution in [2.75, 3.05) is 12.4 Å². The number of anilines is 1. The molecule has 0 unspecified atom stereocenters. The van der Waals surface area contributed by atoms with Crippen LogP contribution in [0.4, 0.5) is 5.69 Å². The fraction of sp³-hybridized carbons (Fsp3) is 0.235.